The molecule has 0 N–H and O–H groups in total. The minimum absolute atomic E-state index is 0.0402. The van der Waals surface area contributed by atoms with Gasteiger partial charge in [0.25, 0.3) is 0 Å². The maximum Gasteiger partial charge on any atom is 0.165 e. The molecule has 0 atom stereocenters. The zero-order valence-electron chi connectivity index (χ0n) is 8.52. The molecule has 0 radical (unpaired) electrons. The molecule has 1 aromatic rings. The number of benzene rings is 1. The molecule has 0 aliphatic carbocycles. The normalized spacial score (nSPS) is 10.8. The molecule has 0 fully saturated rings. The van der Waals surface area contributed by atoms with Gasteiger partial charge in [-0.25, -0.2) is 12.8 Å². The monoisotopic (exact) mass is 242 g/mol. The summed E-state index contributed by atoms with van der Waals surface area (Å²) in [5.41, 5.74) is 0. The molecule has 0 aromatic heterocycles. The smallest absolute Gasteiger partial charge is 0.165 e. The summed E-state index contributed by atoms with van der Waals surface area (Å²) < 4.78 is 40.4. The SMILES string of the molecule is C#CCS(=O)(=O)CCOc1ccccc1F. The predicted octanol–water partition coefficient (Wildman–Crippen LogP) is 1.25. The Kier molecular flexibility index (Phi) is 4.32. The van der Waals surface area contributed by atoms with Crippen LogP contribution in [0.15, 0.2) is 24.3 Å². The number of terminal acetylenes is 1. The lowest BCUT2D eigenvalue weighted by Gasteiger charge is -2.06. The van der Waals surface area contributed by atoms with Crippen molar-refractivity contribution < 1.29 is 17.5 Å². The number of rotatable bonds is 5. The van der Waals surface area contributed by atoms with Gasteiger partial charge in [0.1, 0.15) is 12.4 Å². The first-order valence-electron chi connectivity index (χ1n) is 4.56. The van der Waals surface area contributed by atoms with Gasteiger partial charge in [0.05, 0.1) is 5.75 Å². The van der Waals surface area contributed by atoms with E-state index in [0.717, 1.165) is 0 Å². The second kappa shape index (κ2) is 5.52. The third-order valence-corrected chi connectivity index (χ3v) is 3.19. The van der Waals surface area contributed by atoms with Gasteiger partial charge in [0, 0.05) is 0 Å². The zero-order valence-corrected chi connectivity index (χ0v) is 9.34. The van der Waals surface area contributed by atoms with Gasteiger partial charge >= 0.3 is 0 Å². The molecular weight excluding hydrogens is 231 g/mol. The zero-order chi connectivity index (χ0) is 12.0. The highest BCUT2D eigenvalue weighted by atomic mass is 32.2. The Morgan fingerprint density at radius 1 is 1.38 bits per heavy atom. The summed E-state index contributed by atoms with van der Waals surface area (Å²) in [5, 5.41) is 0. The van der Waals surface area contributed by atoms with Crippen molar-refractivity contribution in [3.05, 3.63) is 30.1 Å². The number of hydrogen-bond acceptors (Lipinski definition) is 3. The van der Waals surface area contributed by atoms with Crippen LogP contribution in [0.4, 0.5) is 4.39 Å². The standard InChI is InChI=1S/C11H11FO3S/c1-2-8-16(13,14)9-7-15-11-6-4-3-5-10(11)12/h1,3-6H,7-9H2. The molecule has 0 aliphatic rings. The lowest BCUT2D eigenvalue weighted by Crippen LogP contribution is -2.16. The summed E-state index contributed by atoms with van der Waals surface area (Å²) in [6.45, 7) is -0.106. The molecule has 0 aliphatic heterocycles. The van der Waals surface area contributed by atoms with Gasteiger partial charge in [-0.2, -0.15) is 0 Å². The van der Waals surface area contributed by atoms with Crippen LogP contribution in [0.5, 0.6) is 5.75 Å². The number of sulfone groups is 1. The van der Waals surface area contributed by atoms with Crippen molar-refractivity contribution in [3.8, 4) is 18.1 Å². The van der Waals surface area contributed by atoms with Gasteiger partial charge in [-0.15, -0.1) is 6.42 Å². The highest BCUT2D eigenvalue weighted by Crippen LogP contribution is 2.15. The molecule has 1 rings (SSSR count). The van der Waals surface area contributed by atoms with E-state index < -0.39 is 15.7 Å². The Morgan fingerprint density at radius 3 is 2.69 bits per heavy atom. The Hall–Kier alpha value is -1.54. The maximum absolute atomic E-state index is 13.1. The number of hydrogen-bond donors (Lipinski definition) is 0. The molecule has 3 nitrogen and oxygen atoms in total. The minimum atomic E-state index is -3.30. The van der Waals surface area contributed by atoms with Crippen LogP contribution in [0.25, 0.3) is 0 Å². The molecule has 0 saturated carbocycles. The Labute approximate surface area is 94.2 Å². The van der Waals surface area contributed by atoms with Crippen LogP contribution < -0.4 is 4.74 Å². The molecular formula is C11H11FO3S. The summed E-state index contributed by atoms with van der Waals surface area (Å²) in [4.78, 5) is 0. The van der Waals surface area contributed by atoms with Gasteiger partial charge in [-0.1, -0.05) is 18.1 Å². The van der Waals surface area contributed by atoms with E-state index in [1.807, 2.05) is 0 Å². The van der Waals surface area contributed by atoms with E-state index in [4.69, 9.17) is 11.2 Å². The highest BCUT2D eigenvalue weighted by molar-refractivity contribution is 7.91. The molecule has 0 unspecified atom stereocenters. The quantitative estimate of drug-likeness (QED) is 0.730. The van der Waals surface area contributed by atoms with Gasteiger partial charge < -0.3 is 4.74 Å². The van der Waals surface area contributed by atoms with Crippen LogP contribution in [0.2, 0.25) is 0 Å². The van der Waals surface area contributed by atoms with Crippen LogP contribution in [0, 0.1) is 18.2 Å². The third-order valence-electron chi connectivity index (χ3n) is 1.79. The molecule has 0 bridgehead atoms. The first-order valence-corrected chi connectivity index (χ1v) is 6.38. The fourth-order valence-corrected chi connectivity index (χ4v) is 1.78. The van der Waals surface area contributed by atoms with E-state index >= 15 is 0 Å². The van der Waals surface area contributed by atoms with Crippen molar-refractivity contribution in [3.63, 3.8) is 0 Å². The van der Waals surface area contributed by atoms with Crippen LogP contribution in [0.1, 0.15) is 0 Å². The van der Waals surface area contributed by atoms with E-state index in [2.05, 4.69) is 5.92 Å². The van der Waals surface area contributed by atoms with Gasteiger partial charge in [-0.05, 0) is 12.1 Å². The van der Waals surface area contributed by atoms with E-state index in [1.54, 1.807) is 6.07 Å². The first-order chi connectivity index (χ1) is 7.55. The van der Waals surface area contributed by atoms with Gasteiger partial charge in [0.2, 0.25) is 0 Å². The molecule has 1 aromatic carbocycles. The molecule has 0 spiro atoms. The molecule has 5 heteroatoms. The highest BCUT2D eigenvalue weighted by Gasteiger charge is 2.09. The molecule has 16 heavy (non-hydrogen) atoms. The second-order valence-corrected chi connectivity index (χ2v) is 5.26. The van der Waals surface area contributed by atoms with E-state index in [-0.39, 0.29) is 23.9 Å². The average Bonchev–Trinajstić information content (AvgIpc) is 2.20. The minimum Gasteiger partial charge on any atom is -0.489 e. The maximum atomic E-state index is 13.1. The van der Waals surface area contributed by atoms with Crippen LogP contribution in [-0.2, 0) is 9.84 Å². The van der Waals surface area contributed by atoms with Crippen molar-refractivity contribution in [2.24, 2.45) is 0 Å². The van der Waals surface area contributed by atoms with Crippen molar-refractivity contribution >= 4 is 9.84 Å². The van der Waals surface area contributed by atoms with Crippen molar-refractivity contribution in [1.29, 1.82) is 0 Å². The van der Waals surface area contributed by atoms with E-state index in [9.17, 15) is 12.8 Å². The van der Waals surface area contributed by atoms with Crippen molar-refractivity contribution in [2.75, 3.05) is 18.1 Å². The Morgan fingerprint density at radius 2 is 2.06 bits per heavy atom. The van der Waals surface area contributed by atoms with Crippen molar-refractivity contribution in [1.82, 2.24) is 0 Å². The summed E-state index contributed by atoms with van der Waals surface area (Å²) in [6, 6.07) is 5.81. The largest absolute Gasteiger partial charge is 0.489 e. The summed E-state index contributed by atoms with van der Waals surface area (Å²) in [7, 11) is -3.30. The predicted molar refractivity (Wildman–Crippen MR) is 59.4 cm³/mol. The number of ether oxygens (including phenoxy) is 1. The van der Waals surface area contributed by atoms with Crippen LogP contribution >= 0.6 is 0 Å². The molecule has 0 heterocycles. The topological polar surface area (TPSA) is 43.4 Å². The fraction of sp³-hybridized carbons (Fsp3) is 0.273. The lowest BCUT2D eigenvalue weighted by atomic mass is 10.3. The van der Waals surface area contributed by atoms with Crippen molar-refractivity contribution in [2.45, 2.75) is 0 Å². The summed E-state index contributed by atoms with van der Waals surface area (Å²) in [6.07, 6.45) is 4.89. The number of halogens is 1. The van der Waals surface area contributed by atoms with E-state index in [1.165, 1.54) is 18.2 Å². The number of para-hydroxylation sites is 1. The third kappa shape index (κ3) is 3.91. The lowest BCUT2D eigenvalue weighted by molar-refractivity contribution is 0.322. The summed E-state index contributed by atoms with van der Waals surface area (Å²) in [5.74, 6) is 1.03. The molecule has 0 amide bonds. The van der Waals surface area contributed by atoms with Crippen LogP contribution in [-0.4, -0.2) is 26.5 Å². The fourth-order valence-electron chi connectivity index (χ4n) is 1.04. The Balaban J connectivity index is 2.49. The Bertz CT molecular complexity index is 488. The van der Waals surface area contributed by atoms with Gasteiger partial charge in [-0.3, -0.25) is 0 Å². The van der Waals surface area contributed by atoms with Gasteiger partial charge in [0.15, 0.2) is 21.4 Å². The molecule has 0 saturated heterocycles. The molecule has 86 valence electrons. The summed E-state index contributed by atoms with van der Waals surface area (Å²) >= 11 is 0. The van der Waals surface area contributed by atoms with E-state index in [0.29, 0.717) is 0 Å². The van der Waals surface area contributed by atoms with Crippen LogP contribution in [0.3, 0.4) is 0 Å². The second-order valence-electron chi connectivity index (χ2n) is 3.08. The average molecular weight is 242 g/mol. The first kappa shape index (κ1) is 12.5.